The third kappa shape index (κ3) is 4.84. The van der Waals surface area contributed by atoms with Crippen LogP contribution in [0, 0.1) is 11.3 Å². The maximum atomic E-state index is 12.3. The molecule has 3 amide bonds. The quantitative estimate of drug-likeness (QED) is 0.755. The van der Waals surface area contributed by atoms with Gasteiger partial charge in [0.1, 0.15) is 5.60 Å². The number of nitrogens with one attached hydrogen (secondary N) is 2. The predicted octanol–water partition coefficient (Wildman–Crippen LogP) is 1.58. The van der Waals surface area contributed by atoms with Gasteiger partial charge in [-0.2, -0.15) is 0 Å². The van der Waals surface area contributed by atoms with Gasteiger partial charge in [0.25, 0.3) is 0 Å². The first-order valence-electron chi connectivity index (χ1n) is 8.19. The standard InChI is InChI=1S/C16H27N3O4/c1-15(2,3)23-14(22)19-9-7-16(4,8-10-19)13(21)18-17-12(20)11-5-6-11/h11H,5-10H2,1-4H3,(H,17,20)(H,18,21). The lowest BCUT2D eigenvalue weighted by Crippen LogP contribution is -2.53. The minimum Gasteiger partial charge on any atom is -0.444 e. The Morgan fingerprint density at radius 2 is 1.65 bits per heavy atom. The van der Waals surface area contributed by atoms with Crippen LogP contribution in [-0.2, 0) is 14.3 Å². The number of amides is 3. The van der Waals surface area contributed by atoms with Crippen molar-refractivity contribution in [2.45, 2.75) is 59.0 Å². The summed E-state index contributed by atoms with van der Waals surface area (Å²) in [6.45, 7) is 8.28. The molecular formula is C16H27N3O4. The zero-order chi connectivity index (χ0) is 17.3. The van der Waals surface area contributed by atoms with E-state index in [4.69, 9.17) is 4.74 Å². The maximum Gasteiger partial charge on any atom is 0.410 e. The molecule has 23 heavy (non-hydrogen) atoms. The number of rotatable bonds is 2. The topological polar surface area (TPSA) is 87.7 Å². The number of hydrogen-bond acceptors (Lipinski definition) is 4. The number of carbonyl (C=O) groups excluding carboxylic acids is 3. The number of hydrazine groups is 1. The van der Waals surface area contributed by atoms with Crippen LogP contribution in [0.25, 0.3) is 0 Å². The largest absolute Gasteiger partial charge is 0.444 e. The molecule has 7 nitrogen and oxygen atoms in total. The fraction of sp³-hybridized carbons (Fsp3) is 0.812. The molecule has 1 saturated heterocycles. The lowest BCUT2D eigenvalue weighted by atomic mass is 9.80. The highest BCUT2D eigenvalue weighted by Gasteiger charge is 2.39. The van der Waals surface area contributed by atoms with Crippen LogP contribution < -0.4 is 10.9 Å². The van der Waals surface area contributed by atoms with Crippen molar-refractivity contribution < 1.29 is 19.1 Å². The summed E-state index contributed by atoms with van der Waals surface area (Å²) < 4.78 is 5.35. The van der Waals surface area contributed by atoms with Crippen LogP contribution in [0.3, 0.4) is 0 Å². The molecule has 2 aliphatic rings. The van der Waals surface area contributed by atoms with Gasteiger partial charge in [-0.3, -0.25) is 20.4 Å². The van der Waals surface area contributed by atoms with E-state index in [1.807, 2.05) is 27.7 Å². The second kappa shape index (κ2) is 6.37. The Bertz CT molecular complexity index is 486. The van der Waals surface area contributed by atoms with Crippen molar-refractivity contribution >= 4 is 17.9 Å². The third-order valence-corrected chi connectivity index (χ3v) is 4.31. The van der Waals surface area contributed by atoms with Crippen LogP contribution in [0.2, 0.25) is 0 Å². The van der Waals surface area contributed by atoms with Gasteiger partial charge in [0.15, 0.2) is 0 Å². The van der Waals surface area contributed by atoms with Crippen LogP contribution in [-0.4, -0.2) is 41.5 Å². The van der Waals surface area contributed by atoms with Crippen molar-refractivity contribution in [1.29, 1.82) is 0 Å². The van der Waals surface area contributed by atoms with Crippen LogP contribution in [0.4, 0.5) is 4.79 Å². The number of likely N-dealkylation sites (tertiary alicyclic amines) is 1. The Morgan fingerprint density at radius 3 is 2.13 bits per heavy atom. The Labute approximate surface area is 137 Å². The molecule has 0 spiro atoms. The van der Waals surface area contributed by atoms with Gasteiger partial charge in [-0.15, -0.1) is 0 Å². The highest BCUT2D eigenvalue weighted by Crippen LogP contribution is 2.32. The Balaban J connectivity index is 1.80. The van der Waals surface area contributed by atoms with Gasteiger partial charge in [-0.25, -0.2) is 4.79 Å². The van der Waals surface area contributed by atoms with Crippen molar-refractivity contribution in [2.24, 2.45) is 11.3 Å². The van der Waals surface area contributed by atoms with Crippen LogP contribution in [0.1, 0.15) is 53.4 Å². The average Bonchev–Trinajstić information content (AvgIpc) is 3.27. The number of nitrogens with zero attached hydrogens (tertiary/aromatic N) is 1. The van der Waals surface area contributed by atoms with E-state index in [0.717, 1.165) is 12.8 Å². The fourth-order valence-electron chi connectivity index (χ4n) is 2.45. The fourth-order valence-corrected chi connectivity index (χ4v) is 2.45. The summed E-state index contributed by atoms with van der Waals surface area (Å²) in [6.07, 6.45) is 2.52. The van der Waals surface area contributed by atoms with Gasteiger partial charge in [0.2, 0.25) is 11.8 Å². The first-order chi connectivity index (χ1) is 10.6. The van der Waals surface area contributed by atoms with E-state index in [-0.39, 0.29) is 23.8 Å². The van der Waals surface area contributed by atoms with Gasteiger partial charge in [0, 0.05) is 19.0 Å². The van der Waals surface area contributed by atoms with Crippen LogP contribution >= 0.6 is 0 Å². The van der Waals surface area contributed by atoms with Crippen molar-refractivity contribution in [3.05, 3.63) is 0 Å². The second-order valence-corrected chi connectivity index (χ2v) is 7.75. The molecule has 1 saturated carbocycles. The highest BCUT2D eigenvalue weighted by molar-refractivity contribution is 5.87. The van der Waals surface area contributed by atoms with Crippen LogP contribution in [0.5, 0.6) is 0 Å². The molecule has 2 fully saturated rings. The lowest BCUT2D eigenvalue weighted by Gasteiger charge is -2.38. The molecule has 0 atom stereocenters. The van der Waals surface area contributed by atoms with E-state index in [1.54, 1.807) is 4.90 Å². The molecule has 7 heteroatoms. The van der Waals surface area contributed by atoms with Gasteiger partial charge < -0.3 is 9.64 Å². The maximum absolute atomic E-state index is 12.3. The number of carbonyl (C=O) groups is 3. The SMILES string of the molecule is CC(C)(C)OC(=O)N1CCC(C)(C(=O)NNC(=O)C2CC2)CC1. The number of hydrogen-bond donors (Lipinski definition) is 2. The first-order valence-corrected chi connectivity index (χ1v) is 8.19. The molecule has 1 heterocycles. The summed E-state index contributed by atoms with van der Waals surface area (Å²) in [5.41, 5.74) is 3.90. The Morgan fingerprint density at radius 1 is 1.09 bits per heavy atom. The molecule has 1 aliphatic heterocycles. The molecule has 0 aromatic heterocycles. The minimum absolute atomic E-state index is 0.0529. The molecular weight excluding hydrogens is 298 g/mol. The monoisotopic (exact) mass is 325 g/mol. The summed E-state index contributed by atoms with van der Waals surface area (Å²) in [7, 11) is 0. The Hall–Kier alpha value is -1.79. The van der Waals surface area contributed by atoms with E-state index in [1.165, 1.54) is 0 Å². The first kappa shape index (κ1) is 17.6. The van der Waals surface area contributed by atoms with Gasteiger partial charge in [0.05, 0.1) is 5.41 Å². The number of piperidine rings is 1. The molecule has 2 N–H and O–H groups in total. The molecule has 0 aromatic carbocycles. The van der Waals surface area contributed by atoms with Gasteiger partial charge in [-0.1, -0.05) is 6.92 Å². The van der Waals surface area contributed by atoms with E-state index < -0.39 is 11.0 Å². The summed E-state index contributed by atoms with van der Waals surface area (Å²) in [5.74, 6) is -0.263. The van der Waals surface area contributed by atoms with Crippen molar-refractivity contribution in [2.75, 3.05) is 13.1 Å². The number of ether oxygens (including phenoxy) is 1. The summed E-state index contributed by atoms with van der Waals surface area (Å²) in [5, 5.41) is 0. The minimum atomic E-state index is -0.588. The second-order valence-electron chi connectivity index (χ2n) is 7.75. The molecule has 130 valence electrons. The highest BCUT2D eigenvalue weighted by atomic mass is 16.6. The van der Waals surface area contributed by atoms with Gasteiger partial charge >= 0.3 is 6.09 Å². The summed E-state index contributed by atoms with van der Waals surface area (Å²) in [6, 6.07) is 0. The van der Waals surface area contributed by atoms with E-state index in [9.17, 15) is 14.4 Å². The van der Waals surface area contributed by atoms with Crippen molar-refractivity contribution in [3.63, 3.8) is 0 Å². The van der Waals surface area contributed by atoms with Gasteiger partial charge in [-0.05, 0) is 46.5 Å². The van der Waals surface area contributed by atoms with Crippen LogP contribution in [0.15, 0.2) is 0 Å². The Kier molecular flexibility index (Phi) is 4.87. The smallest absolute Gasteiger partial charge is 0.410 e. The normalized spacial score (nSPS) is 20.6. The molecule has 0 unspecified atom stereocenters. The summed E-state index contributed by atoms with van der Waals surface area (Å²) in [4.78, 5) is 37.6. The molecule has 2 rings (SSSR count). The molecule has 0 bridgehead atoms. The average molecular weight is 325 g/mol. The molecule has 0 aromatic rings. The molecule has 0 radical (unpaired) electrons. The van der Waals surface area contributed by atoms with Crippen molar-refractivity contribution in [1.82, 2.24) is 15.8 Å². The summed E-state index contributed by atoms with van der Waals surface area (Å²) >= 11 is 0. The predicted molar refractivity (Wildman–Crippen MR) is 84.2 cm³/mol. The lowest BCUT2D eigenvalue weighted by molar-refractivity contribution is -0.137. The van der Waals surface area contributed by atoms with E-state index in [0.29, 0.717) is 25.9 Å². The van der Waals surface area contributed by atoms with Crippen molar-refractivity contribution in [3.8, 4) is 0 Å². The third-order valence-electron chi connectivity index (χ3n) is 4.31. The zero-order valence-electron chi connectivity index (χ0n) is 14.4. The van der Waals surface area contributed by atoms with E-state index >= 15 is 0 Å². The molecule has 1 aliphatic carbocycles. The van der Waals surface area contributed by atoms with E-state index in [2.05, 4.69) is 10.9 Å². The zero-order valence-corrected chi connectivity index (χ0v) is 14.4.